The van der Waals surface area contributed by atoms with Gasteiger partial charge in [0.2, 0.25) is 5.91 Å². The monoisotopic (exact) mass is 248 g/mol. The number of nitrogens with one attached hydrogen (secondary N) is 1. The minimum atomic E-state index is -0.441. The first kappa shape index (κ1) is 14.7. The minimum Gasteiger partial charge on any atom is -0.356 e. The summed E-state index contributed by atoms with van der Waals surface area (Å²) in [6, 6.07) is 6.40. The summed E-state index contributed by atoms with van der Waals surface area (Å²) in [6.07, 6.45) is 1.23. The van der Waals surface area contributed by atoms with Gasteiger partial charge in [-0.05, 0) is 45.2 Å². The molecule has 0 aliphatic carbocycles. The highest BCUT2D eigenvalue weighted by atomic mass is 16.1. The summed E-state index contributed by atoms with van der Waals surface area (Å²) in [7, 11) is 0. The number of carbonyl (C=O) groups is 1. The van der Waals surface area contributed by atoms with Gasteiger partial charge in [0.15, 0.2) is 0 Å². The lowest BCUT2D eigenvalue weighted by Crippen LogP contribution is -2.39. The number of benzene rings is 1. The molecule has 0 bridgehead atoms. The molecule has 0 aliphatic rings. The predicted octanol–water partition coefficient (Wildman–Crippen LogP) is 2.09. The number of carbonyl (C=O) groups excluding carboxylic acids is 1. The van der Waals surface area contributed by atoms with E-state index >= 15 is 0 Å². The number of aryl methyl sites for hydroxylation is 2. The first-order valence-electron chi connectivity index (χ1n) is 6.40. The highest BCUT2D eigenvalue weighted by molar-refractivity contribution is 5.77. The van der Waals surface area contributed by atoms with Crippen molar-refractivity contribution in [3.63, 3.8) is 0 Å². The Labute approximate surface area is 110 Å². The molecule has 0 atom stereocenters. The maximum absolute atomic E-state index is 11.6. The third kappa shape index (κ3) is 5.32. The first-order chi connectivity index (χ1) is 8.28. The second-order valence-corrected chi connectivity index (χ2v) is 5.70. The molecule has 0 saturated heterocycles. The van der Waals surface area contributed by atoms with Gasteiger partial charge < -0.3 is 11.1 Å². The van der Waals surface area contributed by atoms with Crippen molar-refractivity contribution < 1.29 is 4.79 Å². The van der Waals surface area contributed by atoms with Crippen LogP contribution < -0.4 is 11.1 Å². The van der Waals surface area contributed by atoms with Crippen molar-refractivity contribution in [2.24, 2.45) is 5.73 Å². The molecule has 3 nitrogen and oxygen atoms in total. The fraction of sp³-hybridized carbons (Fsp3) is 0.533. The molecule has 0 spiro atoms. The third-order valence-corrected chi connectivity index (χ3v) is 2.84. The lowest BCUT2D eigenvalue weighted by Gasteiger charge is -2.17. The van der Waals surface area contributed by atoms with Crippen LogP contribution in [0.1, 0.15) is 37.0 Å². The van der Waals surface area contributed by atoms with Crippen molar-refractivity contribution in [2.45, 2.75) is 46.1 Å². The van der Waals surface area contributed by atoms with Crippen molar-refractivity contribution in [2.75, 3.05) is 6.54 Å². The van der Waals surface area contributed by atoms with E-state index in [4.69, 9.17) is 5.73 Å². The zero-order chi connectivity index (χ0) is 13.8. The molecular weight excluding hydrogens is 224 g/mol. The van der Waals surface area contributed by atoms with Crippen LogP contribution in [-0.2, 0) is 11.2 Å². The largest absolute Gasteiger partial charge is 0.356 e. The summed E-state index contributed by atoms with van der Waals surface area (Å²) < 4.78 is 0. The van der Waals surface area contributed by atoms with E-state index < -0.39 is 5.54 Å². The Kier molecular flexibility index (Phi) is 4.91. The molecule has 18 heavy (non-hydrogen) atoms. The summed E-state index contributed by atoms with van der Waals surface area (Å²) in [5.41, 5.74) is 9.18. The Balaban J connectivity index is 2.42. The zero-order valence-corrected chi connectivity index (χ0v) is 11.8. The SMILES string of the molecule is Cc1ccc(C)c(CCNC(=O)CC(C)(C)N)c1. The summed E-state index contributed by atoms with van der Waals surface area (Å²) >= 11 is 0. The van der Waals surface area contributed by atoms with Crippen molar-refractivity contribution in [3.05, 3.63) is 34.9 Å². The molecule has 1 aromatic carbocycles. The Bertz CT molecular complexity index is 419. The third-order valence-electron chi connectivity index (χ3n) is 2.84. The summed E-state index contributed by atoms with van der Waals surface area (Å²) in [5, 5.41) is 2.92. The summed E-state index contributed by atoms with van der Waals surface area (Å²) in [6.45, 7) is 8.56. The van der Waals surface area contributed by atoms with E-state index in [1.54, 1.807) is 0 Å². The average molecular weight is 248 g/mol. The smallest absolute Gasteiger partial charge is 0.221 e. The van der Waals surface area contributed by atoms with Crippen LogP contribution in [0.2, 0.25) is 0 Å². The molecule has 0 heterocycles. The van der Waals surface area contributed by atoms with Crippen LogP contribution >= 0.6 is 0 Å². The molecule has 1 aromatic rings. The second-order valence-electron chi connectivity index (χ2n) is 5.70. The minimum absolute atomic E-state index is 0.0211. The van der Waals surface area contributed by atoms with E-state index in [1.165, 1.54) is 16.7 Å². The first-order valence-corrected chi connectivity index (χ1v) is 6.40. The van der Waals surface area contributed by atoms with Crippen LogP contribution in [0, 0.1) is 13.8 Å². The van der Waals surface area contributed by atoms with Gasteiger partial charge in [-0.15, -0.1) is 0 Å². The lowest BCUT2D eigenvalue weighted by molar-refractivity contribution is -0.121. The Morgan fingerprint density at radius 2 is 2.00 bits per heavy atom. The average Bonchev–Trinajstić information content (AvgIpc) is 2.20. The molecule has 100 valence electrons. The number of hydrogen-bond donors (Lipinski definition) is 2. The number of hydrogen-bond acceptors (Lipinski definition) is 2. The van der Waals surface area contributed by atoms with Gasteiger partial charge in [-0.3, -0.25) is 4.79 Å². The molecule has 0 aliphatic heterocycles. The standard InChI is InChI=1S/C15H24N2O/c1-11-5-6-12(2)13(9-11)7-8-17-14(18)10-15(3,4)16/h5-6,9H,7-8,10,16H2,1-4H3,(H,17,18). The van der Waals surface area contributed by atoms with Gasteiger partial charge in [0.05, 0.1) is 0 Å². The molecule has 3 N–H and O–H groups in total. The number of amides is 1. The van der Waals surface area contributed by atoms with Gasteiger partial charge in [-0.1, -0.05) is 23.8 Å². The van der Waals surface area contributed by atoms with Gasteiger partial charge in [0.1, 0.15) is 0 Å². The van der Waals surface area contributed by atoms with Gasteiger partial charge in [-0.25, -0.2) is 0 Å². The predicted molar refractivity (Wildman–Crippen MR) is 75.5 cm³/mol. The zero-order valence-electron chi connectivity index (χ0n) is 11.8. The molecule has 0 unspecified atom stereocenters. The van der Waals surface area contributed by atoms with Crippen LogP contribution in [-0.4, -0.2) is 18.0 Å². The number of rotatable bonds is 5. The Morgan fingerprint density at radius 1 is 1.33 bits per heavy atom. The van der Waals surface area contributed by atoms with Crippen molar-refractivity contribution >= 4 is 5.91 Å². The maximum atomic E-state index is 11.6. The van der Waals surface area contributed by atoms with Crippen molar-refractivity contribution in [1.82, 2.24) is 5.32 Å². The van der Waals surface area contributed by atoms with Crippen molar-refractivity contribution in [1.29, 1.82) is 0 Å². The topological polar surface area (TPSA) is 55.1 Å². The Morgan fingerprint density at radius 3 is 2.61 bits per heavy atom. The lowest BCUT2D eigenvalue weighted by atomic mass is 10.0. The molecular formula is C15H24N2O. The summed E-state index contributed by atoms with van der Waals surface area (Å²) in [4.78, 5) is 11.6. The Hall–Kier alpha value is -1.35. The highest BCUT2D eigenvalue weighted by Gasteiger charge is 2.15. The fourth-order valence-corrected chi connectivity index (χ4v) is 1.88. The molecule has 0 fully saturated rings. The molecule has 0 radical (unpaired) electrons. The molecule has 3 heteroatoms. The van der Waals surface area contributed by atoms with Gasteiger partial charge in [-0.2, -0.15) is 0 Å². The normalized spacial score (nSPS) is 11.4. The van der Waals surface area contributed by atoms with Crippen molar-refractivity contribution in [3.8, 4) is 0 Å². The quantitative estimate of drug-likeness (QED) is 0.838. The highest BCUT2D eigenvalue weighted by Crippen LogP contribution is 2.11. The molecule has 1 rings (SSSR count). The maximum Gasteiger partial charge on any atom is 0.221 e. The fourth-order valence-electron chi connectivity index (χ4n) is 1.88. The van der Waals surface area contributed by atoms with Crippen LogP contribution in [0.15, 0.2) is 18.2 Å². The van der Waals surface area contributed by atoms with E-state index in [2.05, 4.69) is 37.4 Å². The second kappa shape index (κ2) is 6.01. The van der Waals surface area contributed by atoms with Crippen LogP contribution in [0.5, 0.6) is 0 Å². The van der Waals surface area contributed by atoms with Gasteiger partial charge >= 0.3 is 0 Å². The van der Waals surface area contributed by atoms with Crippen LogP contribution in [0.25, 0.3) is 0 Å². The molecule has 0 aromatic heterocycles. The van der Waals surface area contributed by atoms with E-state index in [0.29, 0.717) is 13.0 Å². The van der Waals surface area contributed by atoms with Gasteiger partial charge in [0, 0.05) is 18.5 Å². The van der Waals surface area contributed by atoms with Crippen LogP contribution in [0.3, 0.4) is 0 Å². The van der Waals surface area contributed by atoms with Gasteiger partial charge in [0.25, 0.3) is 0 Å². The summed E-state index contributed by atoms with van der Waals surface area (Å²) in [5.74, 6) is 0.0211. The molecule has 0 saturated carbocycles. The van der Waals surface area contributed by atoms with E-state index in [1.807, 2.05) is 13.8 Å². The number of nitrogens with two attached hydrogens (primary N) is 1. The van der Waals surface area contributed by atoms with E-state index in [0.717, 1.165) is 6.42 Å². The molecule has 1 amide bonds. The van der Waals surface area contributed by atoms with E-state index in [-0.39, 0.29) is 5.91 Å². The van der Waals surface area contributed by atoms with E-state index in [9.17, 15) is 4.79 Å². The van der Waals surface area contributed by atoms with Crippen LogP contribution in [0.4, 0.5) is 0 Å².